The van der Waals surface area contributed by atoms with Gasteiger partial charge in [0.1, 0.15) is 0 Å². The first-order valence-electron chi connectivity index (χ1n) is 6.33. The fourth-order valence-electron chi connectivity index (χ4n) is 1.87. The fraction of sp³-hybridized carbons (Fsp3) is 0.500. The van der Waals surface area contributed by atoms with Gasteiger partial charge in [0.2, 0.25) is 5.91 Å². The molecule has 0 radical (unpaired) electrons. The third-order valence-corrected chi connectivity index (χ3v) is 3.33. The van der Waals surface area contributed by atoms with Gasteiger partial charge in [0, 0.05) is 16.9 Å². The molecular weight excluding hydrogens is 292 g/mol. The van der Waals surface area contributed by atoms with Crippen LogP contribution >= 0.6 is 15.9 Å². The maximum absolute atomic E-state index is 11.8. The van der Waals surface area contributed by atoms with Crippen molar-refractivity contribution in [3.8, 4) is 0 Å². The van der Waals surface area contributed by atoms with Gasteiger partial charge in [-0.3, -0.25) is 4.79 Å². The number of hydrogen-bond donors (Lipinski definition) is 2. The quantitative estimate of drug-likeness (QED) is 0.847. The van der Waals surface area contributed by atoms with Crippen LogP contribution in [0.2, 0.25) is 0 Å². The predicted octanol–water partition coefficient (Wildman–Crippen LogP) is 3.14. The Bertz CT molecular complexity index is 395. The number of carbonyl (C=O) groups excluding carboxylic acids is 1. The Morgan fingerprint density at radius 2 is 2.22 bits per heavy atom. The minimum absolute atomic E-state index is 0.00354. The molecule has 0 saturated carbocycles. The highest BCUT2D eigenvalue weighted by Gasteiger charge is 2.12. The molecule has 0 saturated heterocycles. The first-order valence-corrected chi connectivity index (χ1v) is 7.12. The Morgan fingerprint density at radius 3 is 2.83 bits per heavy atom. The summed E-state index contributed by atoms with van der Waals surface area (Å²) in [4.78, 5) is 11.8. The number of halogens is 1. The lowest BCUT2D eigenvalue weighted by Gasteiger charge is -2.16. The molecule has 100 valence electrons. The van der Waals surface area contributed by atoms with Gasteiger partial charge in [0.25, 0.3) is 0 Å². The standard InChI is InChI=1S/C14H21BrN2O/c1-3-5-13(16)9-14(18)17-10(2)11-6-4-7-12(15)8-11/h4,6-8,10,13H,3,5,9,16H2,1-2H3,(H,17,18)/t10-,13?/m1/s1. The molecule has 1 amide bonds. The average molecular weight is 313 g/mol. The Hall–Kier alpha value is -0.870. The normalized spacial score (nSPS) is 14.0. The third-order valence-electron chi connectivity index (χ3n) is 2.83. The Balaban J connectivity index is 2.49. The lowest BCUT2D eigenvalue weighted by Crippen LogP contribution is -2.33. The maximum atomic E-state index is 11.8. The molecule has 2 atom stereocenters. The van der Waals surface area contributed by atoms with Crippen molar-refractivity contribution in [1.29, 1.82) is 0 Å². The van der Waals surface area contributed by atoms with Crippen molar-refractivity contribution in [1.82, 2.24) is 5.32 Å². The molecule has 0 aliphatic rings. The van der Waals surface area contributed by atoms with Crippen LogP contribution in [0.4, 0.5) is 0 Å². The van der Waals surface area contributed by atoms with Crippen LogP contribution in [0.3, 0.4) is 0 Å². The molecular formula is C14H21BrN2O. The first kappa shape index (κ1) is 15.2. The van der Waals surface area contributed by atoms with Crippen LogP contribution in [0.25, 0.3) is 0 Å². The molecule has 0 fully saturated rings. The zero-order valence-corrected chi connectivity index (χ0v) is 12.5. The molecule has 4 heteroatoms. The molecule has 18 heavy (non-hydrogen) atoms. The van der Waals surface area contributed by atoms with Crippen LogP contribution in [0.5, 0.6) is 0 Å². The van der Waals surface area contributed by atoms with E-state index < -0.39 is 0 Å². The van der Waals surface area contributed by atoms with Crippen molar-refractivity contribution in [3.05, 3.63) is 34.3 Å². The summed E-state index contributed by atoms with van der Waals surface area (Å²) in [6.07, 6.45) is 2.29. The molecule has 3 nitrogen and oxygen atoms in total. The SMILES string of the molecule is CCCC(N)CC(=O)N[C@H](C)c1cccc(Br)c1. The van der Waals surface area contributed by atoms with E-state index in [1.165, 1.54) is 0 Å². The van der Waals surface area contributed by atoms with Crippen LogP contribution in [0.1, 0.15) is 44.7 Å². The lowest BCUT2D eigenvalue weighted by atomic mass is 10.1. The van der Waals surface area contributed by atoms with E-state index in [1.54, 1.807) is 0 Å². The summed E-state index contributed by atoms with van der Waals surface area (Å²) in [5.41, 5.74) is 6.94. The number of benzene rings is 1. The van der Waals surface area contributed by atoms with E-state index in [-0.39, 0.29) is 18.0 Å². The molecule has 3 N–H and O–H groups in total. The van der Waals surface area contributed by atoms with Gasteiger partial charge in [0.15, 0.2) is 0 Å². The Kier molecular flexibility index (Phi) is 6.36. The minimum atomic E-state index is -0.0373. The summed E-state index contributed by atoms with van der Waals surface area (Å²) in [6.45, 7) is 4.05. The summed E-state index contributed by atoms with van der Waals surface area (Å²) in [5.74, 6) is 0.0171. The van der Waals surface area contributed by atoms with Gasteiger partial charge in [-0.25, -0.2) is 0 Å². The zero-order chi connectivity index (χ0) is 13.5. The highest BCUT2D eigenvalue weighted by molar-refractivity contribution is 9.10. The minimum Gasteiger partial charge on any atom is -0.350 e. The van der Waals surface area contributed by atoms with E-state index >= 15 is 0 Å². The van der Waals surface area contributed by atoms with Crippen molar-refractivity contribution in [3.63, 3.8) is 0 Å². The molecule has 0 heterocycles. The van der Waals surface area contributed by atoms with Crippen LogP contribution < -0.4 is 11.1 Å². The lowest BCUT2D eigenvalue weighted by molar-refractivity contribution is -0.122. The van der Waals surface area contributed by atoms with Gasteiger partial charge in [-0.1, -0.05) is 41.4 Å². The van der Waals surface area contributed by atoms with E-state index in [1.807, 2.05) is 31.2 Å². The topological polar surface area (TPSA) is 55.1 Å². The predicted molar refractivity (Wildman–Crippen MR) is 78.2 cm³/mol. The zero-order valence-electron chi connectivity index (χ0n) is 10.9. The van der Waals surface area contributed by atoms with Crippen molar-refractivity contribution >= 4 is 21.8 Å². The molecule has 0 bridgehead atoms. The fourth-order valence-corrected chi connectivity index (χ4v) is 2.29. The van der Waals surface area contributed by atoms with E-state index in [0.29, 0.717) is 6.42 Å². The third kappa shape index (κ3) is 5.19. The molecule has 1 aromatic carbocycles. The number of amides is 1. The van der Waals surface area contributed by atoms with E-state index in [2.05, 4.69) is 28.2 Å². The van der Waals surface area contributed by atoms with E-state index in [9.17, 15) is 4.79 Å². The van der Waals surface area contributed by atoms with E-state index in [4.69, 9.17) is 5.73 Å². The monoisotopic (exact) mass is 312 g/mol. The summed E-state index contributed by atoms with van der Waals surface area (Å²) in [5, 5.41) is 2.97. The van der Waals surface area contributed by atoms with Crippen LogP contribution in [-0.2, 0) is 4.79 Å². The first-order chi connectivity index (χ1) is 8.52. The molecule has 1 aromatic rings. The largest absolute Gasteiger partial charge is 0.350 e. The van der Waals surface area contributed by atoms with Crippen molar-refractivity contribution in [2.45, 2.75) is 45.2 Å². The van der Waals surface area contributed by atoms with Crippen molar-refractivity contribution in [2.75, 3.05) is 0 Å². The van der Waals surface area contributed by atoms with E-state index in [0.717, 1.165) is 22.9 Å². The average Bonchev–Trinajstić information content (AvgIpc) is 2.28. The van der Waals surface area contributed by atoms with Gasteiger partial charge < -0.3 is 11.1 Å². The summed E-state index contributed by atoms with van der Waals surface area (Å²) >= 11 is 3.42. The smallest absolute Gasteiger partial charge is 0.222 e. The van der Waals surface area contributed by atoms with Crippen LogP contribution in [0.15, 0.2) is 28.7 Å². The van der Waals surface area contributed by atoms with Gasteiger partial charge in [-0.15, -0.1) is 0 Å². The number of carbonyl (C=O) groups is 1. The van der Waals surface area contributed by atoms with Crippen molar-refractivity contribution < 1.29 is 4.79 Å². The van der Waals surface area contributed by atoms with Crippen LogP contribution in [-0.4, -0.2) is 11.9 Å². The second-order valence-corrected chi connectivity index (χ2v) is 5.51. The Labute approximate surface area is 117 Å². The second-order valence-electron chi connectivity index (χ2n) is 4.60. The van der Waals surface area contributed by atoms with Gasteiger partial charge in [-0.2, -0.15) is 0 Å². The summed E-state index contributed by atoms with van der Waals surface area (Å²) < 4.78 is 1.02. The molecule has 0 spiro atoms. The highest BCUT2D eigenvalue weighted by Crippen LogP contribution is 2.17. The molecule has 1 unspecified atom stereocenters. The van der Waals surface area contributed by atoms with Gasteiger partial charge in [-0.05, 0) is 31.0 Å². The highest BCUT2D eigenvalue weighted by atomic mass is 79.9. The maximum Gasteiger partial charge on any atom is 0.222 e. The molecule has 0 aliphatic heterocycles. The molecule has 1 rings (SSSR count). The van der Waals surface area contributed by atoms with Crippen molar-refractivity contribution in [2.24, 2.45) is 5.73 Å². The summed E-state index contributed by atoms with van der Waals surface area (Å²) in [6, 6.07) is 7.91. The van der Waals surface area contributed by atoms with Crippen LogP contribution in [0, 0.1) is 0 Å². The number of nitrogens with one attached hydrogen (secondary N) is 1. The molecule has 0 aliphatic carbocycles. The Morgan fingerprint density at radius 1 is 1.50 bits per heavy atom. The second kappa shape index (κ2) is 7.54. The van der Waals surface area contributed by atoms with Gasteiger partial charge >= 0.3 is 0 Å². The number of rotatable bonds is 6. The summed E-state index contributed by atoms with van der Waals surface area (Å²) in [7, 11) is 0. The number of hydrogen-bond acceptors (Lipinski definition) is 2. The van der Waals surface area contributed by atoms with Gasteiger partial charge in [0.05, 0.1) is 6.04 Å². The molecule has 0 aromatic heterocycles. The number of nitrogens with two attached hydrogens (primary N) is 1.